The van der Waals surface area contributed by atoms with Gasteiger partial charge in [-0.05, 0) is 18.2 Å². The molecule has 5 rings (SSSR count). The zero-order valence-electron chi connectivity index (χ0n) is 12.1. The lowest BCUT2D eigenvalue weighted by molar-refractivity contribution is -0.180. The van der Waals surface area contributed by atoms with Gasteiger partial charge >= 0.3 is 0 Å². The molecule has 0 spiro atoms. The fraction of sp³-hybridized carbons (Fsp3) is 0.438. The highest BCUT2D eigenvalue weighted by atomic mass is 16.7. The van der Waals surface area contributed by atoms with Crippen molar-refractivity contribution in [2.45, 2.75) is 18.0 Å². The van der Waals surface area contributed by atoms with Gasteiger partial charge in [-0.2, -0.15) is 0 Å². The average Bonchev–Trinajstić information content (AvgIpc) is 3.32. The first-order chi connectivity index (χ1) is 11.2. The summed E-state index contributed by atoms with van der Waals surface area (Å²) in [7, 11) is 0. The van der Waals surface area contributed by atoms with E-state index in [1.807, 2.05) is 12.2 Å². The molecule has 0 unspecified atom stereocenters. The molecule has 118 valence electrons. The smallest absolute Gasteiger partial charge is 0.241 e. The summed E-state index contributed by atoms with van der Waals surface area (Å²) >= 11 is 0. The van der Waals surface area contributed by atoms with Gasteiger partial charge in [-0.25, -0.2) is 4.90 Å². The molecule has 0 aromatic carbocycles. The monoisotopic (exact) mass is 314 g/mol. The molecular weight excluding hydrogens is 300 g/mol. The summed E-state index contributed by atoms with van der Waals surface area (Å²) in [6.07, 6.45) is 5.74. The number of amides is 2. The number of nitrogens with zero attached hydrogens (tertiary/aromatic N) is 2. The molecule has 7 heteroatoms. The van der Waals surface area contributed by atoms with Gasteiger partial charge in [0.2, 0.25) is 11.8 Å². The Morgan fingerprint density at radius 1 is 1.13 bits per heavy atom. The number of fused-ring (bicyclic) bond motifs is 5. The van der Waals surface area contributed by atoms with Gasteiger partial charge in [0.1, 0.15) is 0 Å². The molecule has 23 heavy (non-hydrogen) atoms. The van der Waals surface area contributed by atoms with Crippen molar-refractivity contribution in [1.29, 1.82) is 0 Å². The van der Waals surface area contributed by atoms with Crippen LogP contribution in [0.1, 0.15) is 0 Å². The molecule has 2 amide bonds. The first-order valence-electron chi connectivity index (χ1n) is 7.60. The molecule has 0 radical (unpaired) electrons. The fourth-order valence-corrected chi connectivity index (χ4v) is 4.07. The Morgan fingerprint density at radius 2 is 1.87 bits per heavy atom. The third kappa shape index (κ3) is 1.56. The molecule has 5 heterocycles. The first-order valence-corrected chi connectivity index (χ1v) is 7.60. The zero-order chi connectivity index (χ0) is 15.6. The van der Waals surface area contributed by atoms with E-state index in [4.69, 9.17) is 14.2 Å². The van der Waals surface area contributed by atoms with E-state index < -0.39 is 29.8 Å². The summed E-state index contributed by atoms with van der Waals surface area (Å²) in [4.78, 5) is 31.0. The van der Waals surface area contributed by atoms with Crippen LogP contribution >= 0.6 is 0 Å². The van der Waals surface area contributed by atoms with Gasteiger partial charge < -0.3 is 14.2 Å². The number of carbonyl (C=O) groups is 2. The summed E-state index contributed by atoms with van der Waals surface area (Å²) in [6, 6.07) is 3.31. The number of pyridine rings is 1. The molecule has 1 aromatic rings. The van der Waals surface area contributed by atoms with Crippen LogP contribution in [0.5, 0.6) is 0 Å². The SMILES string of the molecule is O=C1[C@H]2[C@@H](C(=O)N1c1ccncc1)[C@@]1(C3OCCO3)C=C[C@H]2O1. The second-order valence-electron chi connectivity index (χ2n) is 6.09. The minimum absolute atomic E-state index is 0.236. The van der Waals surface area contributed by atoms with Crippen LogP contribution in [0, 0.1) is 11.8 Å². The predicted molar refractivity (Wildman–Crippen MR) is 76.1 cm³/mol. The predicted octanol–water partition coefficient (Wildman–Crippen LogP) is 0.267. The number of hydrogen-bond donors (Lipinski definition) is 0. The number of ether oxygens (including phenoxy) is 3. The summed E-state index contributed by atoms with van der Waals surface area (Å²) in [5, 5.41) is 0. The molecular formula is C16H14N2O5. The Kier molecular flexibility index (Phi) is 2.60. The lowest BCUT2D eigenvalue weighted by atomic mass is 9.76. The third-order valence-corrected chi connectivity index (χ3v) is 4.99. The van der Waals surface area contributed by atoms with Crippen LogP contribution in [0.2, 0.25) is 0 Å². The number of hydrogen-bond acceptors (Lipinski definition) is 6. The second kappa shape index (κ2) is 4.47. The van der Waals surface area contributed by atoms with E-state index in [-0.39, 0.29) is 11.8 Å². The quantitative estimate of drug-likeness (QED) is 0.576. The topological polar surface area (TPSA) is 78.0 Å². The van der Waals surface area contributed by atoms with Crippen LogP contribution in [0.4, 0.5) is 5.69 Å². The minimum atomic E-state index is -1.000. The van der Waals surface area contributed by atoms with Gasteiger partial charge in [-0.1, -0.05) is 6.08 Å². The zero-order valence-corrected chi connectivity index (χ0v) is 12.1. The molecule has 3 saturated heterocycles. The Bertz CT molecular complexity index is 714. The van der Waals surface area contributed by atoms with Crippen molar-refractivity contribution in [3.05, 3.63) is 36.7 Å². The van der Waals surface area contributed by atoms with Crippen molar-refractivity contribution in [1.82, 2.24) is 4.98 Å². The van der Waals surface area contributed by atoms with E-state index in [0.717, 1.165) is 0 Å². The number of anilines is 1. The van der Waals surface area contributed by atoms with Gasteiger partial charge in [0.25, 0.3) is 0 Å². The maximum absolute atomic E-state index is 13.0. The van der Waals surface area contributed by atoms with Crippen LogP contribution in [0.3, 0.4) is 0 Å². The molecule has 4 aliphatic heterocycles. The Morgan fingerprint density at radius 3 is 2.61 bits per heavy atom. The summed E-state index contributed by atoms with van der Waals surface area (Å²) in [6.45, 7) is 0.920. The number of carbonyl (C=O) groups excluding carboxylic acids is 2. The molecule has 7 nitrogen and oxygen atoms in total. The van der Waals surface area contributed by atoms with Crippen LogP contribution < -0.4 is 4.90 Å². The van der Waals surface area contributed by atoms with Gasteiger partial charge in [0, 0.05) is 12.4 Å². The maximum atomic E-state index is 13.0. The molecule has 2 bridgehead atoms. The van der Waals surface area contributed by atoms with E-state index in [0.29, 0.717) is 18.9 Å². The van der Waals surface area contributed by atoms with Crippen molar-refractivity contribution in [3.8, 4) is 0 Å². The minimum Gasteiger partial charge on any atom is -0.357 e. The molecule has 4 aliphatic rings. The number of imide groups is 1. The Hall–Kier alpha value is -2.09. The molecule has 0 aliphatic carbocycles. The van der Waals surface area contributed by atoms with E-state index in [1.54, 1.807) is 24.5 Å². The summed E-state index contributed by atoms with van der Waals surface area (Å²) in [5.41, 5.74) is -0.465. The van der Waals surface area contributed by atoms with Crippen molar-refractivity contribution in [2.75, 3.05) is 18.1 Å². The maximum Gasteiger partial charge on any atom is 0.241 e. The Labute approximate surface area is 131 Å². The van der Waals surface area contributed by atoms with Crippen LogP contribution in [0.25, 0.3) is 0 Å². The van der Waals surface area contributed by atoms with Crippen LogP contribution in [0.15, 0.2) is 36.7 Å². The second-order valence-corrected chi connectivity index (χ2v) is 6.09. The standard InChI is InChI=1S/C16H14N2O5/c19-13-11-10-1-4-16(23-10,15-21-7-8-22-15)12(11)14(20)18(13)9-2-5-17-6-3-9/h1-6,10-12,15H,7-8H2/t10-,11-,12+,16-/m1/s1. The average molecular weight is 314 g/mol. The third-order valence-electron chi connectivity index (χ3n) is 4.99. The molecule has 3 fully saturated rings. The fourth-order valence-electron chi connectivity index (χ4n) is 4.07. The van der Waals surface area contributed by atoms with Crippen molar-refractivity contribution < 1.29 is 23.8 Å². The lowest BCUT2D eigenvalue weighted by Crippen LogP contribution is -2.49. The largest absolute Gasteiger partial charge is 0.357 e. The number of rotatable bonds is 2. The summed E-state index contributed by atoms with van der Waals surface area (Å²) < 4.78 is 17.2. The molecule has 4 atom stereocenters. The highest BCUT2D eigenvalue weighted by molar-refractivity contribution is 6.23. The van der Waals surface area contributed by atoms with E-state index in [2.05, 4.69) is 4.98 Å². The van der Waals surface area contributed by atoms with Gasteiger partial charge in [-0.15, -0.1) is 0 Å². The molecule has 0 saturated carbocycles. The molecule has 0 N–H and O–H groups in total. The van der Waals surface area contributed by atoms with Crippen molar-refractivity contribution >= 4 is 17.5 Å². The van der Waals surface area contributed by atoms with Crippen molar-refractivity contribution in [2.24, 2.45) is 11.8 Å². The highest BCUT2D eigenvalue weighted by Crippen LogP contribution is 2.54. The number of aromatic nitrogens is 1. The van der Waals surface area contributed by atoms with Crippen molar-refractivity contribution in [3.63, 3.8) is 0 Å². The van der Waals surface area contributed by atoms with E-state index in [1.165, 1.54) is 4.90 Å². The Balaban J connectivity index is 1.58. The molecule has 1 aromatic heterocycles. The lowest BCUT2D eigenvalue weighted by Gasteiger charge is -2.32. The van der Waals surface area contributed by atoms with Crippen LogP contribution in [-0.4, -0.2) is 48.0 Å². The van der Waals surface area contributed by atoms with E-state index in [9.17, 15) is 9.59 Å². The highest BCUT2D eigenvalue weighted by Gasteiger charge is 2.71. The van der Waals surface area contributed by atoms with Gasteiger partial charge in [-0.3, -0.25) is 14.6 Å². The van der Waals surface area contributed by atoms with E-state index >= 15 is 0 Å². The normalized spacial score (nSPS) is 38.8. The van der Waals surface area contributed by atoms with Gasteiger partial charge in [0.15, 0.2) is 11.9 Å². The van der Waals surface area contributed by atoms with Crippen LogP contribution in [-0.2, 0) is 23.8 Å². The summed E-state index contributed by atoms with van der Waals surface area (Å²) in [5.74, 6) is -1.63. The van der Waals surface area contributed by atoms with Gasteiger partial charge in [0.05, 0.1) is 36.8 Å². The first kappa shape index (κ1) is 13.4.